The van der Waals surface area contributed by atoms with E-state index in [4.69, 9.17) is 0 Å². The van der Waals surface area contributed by atoms with Gasteiger partial charge in [0.1, 0.15) is 0 Å². The number of rotatable bonds is 4. The summed E-state index contributed by atoms with van der Waals surface area (Å²) in [6, 6.07) is 4.79. The third-order valence-corrected chi connectivity index (χ3v) is 6.29. The largest absolute Gasteiger partial charge is 0.393 e. The first-order valence-electron chi connectivity index (χ1n) is 9.27. The van der Waals surface area contributed by atoms with Crippen LogP contribution in [0.1, 0.15) is 31.2 Å². The van der Waals surface area contributed by atoms with Crippen molar-refractivity contribution >= 4 is 11.3 Å². The molecule has 134 valence electrons. The topological polar surface area (TPSA) is 52.5 Å². The van der Waals surface area contributed by atoms with Crippen LogP contribution in [0, 0.1) is 0 Å². The molecule has 2 aliphatic rings. The Labute approximate surface area is 153 Å². The highest BCUT2D eigenvalue weighted by Crippen LogP contribution is 2.23. The van der Waals surface area contributed by atoms with Crippen LogP contribution in [0.2, 0.25) is 0 Å². The number of thiophene rings is 1. The number of piperidine rings is 2. The summed E-state index contributed by atoms with van der Waals surface area (Å²) < 4.78 is 0. The number of hydrogen-bond acceptors (Lipinski definition) is 6. The molecule has 0 radical (unpaired) electrons. The molecule has 0 bridgehead atoms. The Morgan fingerprint density at radius 1 is 1.04 bits per heavy atom. The molecule has 0 atom stereocenters. The highest BCUT2D eigenvalue weighted by molar-refractivity contribution is 7.13. The first-order valence-corrected chi connectivity index (χ1v) is 10.1. The molecule has 2 fully saturated rings. The lowest BCUT2D eigenvalue weighted by molar-refractivity contribution is 0.0375. The third kappa shape index (κ3) is 4.26. The van der Waals surface area contributed by atoms with E-state index in [1.54, 1.807) is 11.3 Å². The minimum absolute atomic E-state index is 0.0755. The first-order chi connectivity index (χ1) is 12.3. The van der Waals surface area contributed by atoms with E-state index >= 15 is 0 Å². The van der Waals surface area contributed by atoms with Crippen molar-refractivity contribution in [1.82, 2.24) is 19.8 Å². The zero-order chi connectivity index (χ0) is 17.1. The summed E-state index contributed by atoms with van der Waals surface area (Å²) >= 11 is 1.68. The van der Waals surface area contributed by atoms with Gasteiger partial charge in [-0.05, 0) is 50.2 Å². The highest BCUT2D eigenvalue weighted by atomic mass is 32.1. The lowest BCUT2D eigenvalue weighted by atomic mass is 9.99. The maximum Gasteiger partial charge on any atom is 0.169 e. The molecule has 2 aliphatic heterocycles. The number of hydrogen-bond donors (Lipinski definition) is 1. The Bertz CT molecular complexity index is 645. The molecule has 1 N–H and O–H groups in total. The lowest BCUT2D eigenvalue weighted by Crippen LogP contribution is -2.48. The van der Waals surface area contributed by atoms with Gasteiger partial charge in [0.2, 0.25) is 0 Å². The normalized spacial score (nSPS) is 21.6. The Morgan fingerprint density at radius 3 is 2.40 bits per heavy atom. The van der Waals surface area contributed by atoms with E-state index in [-0.39, 0.29) is 6.10 Å². The van der Waals surface area contributed by atoms with Gasteiger partial charge in [-0.25, -0.2) is 9.97 Å². The van der Waals surface area contributed by atoms with Crippen LogP contribution in [0.5, 0.6) is 0 Å². The van der Waals surface area contributed by atoms with E-state index in [1.807, 2.05) is 18.5 Å². The molecule has 0 saturated carbocycles. The number of aliphatic hydroxyl groups is 1. The molecule has 2 saturated heterocycles. The number of likely N-dealkylation sites (tertiary alicyclic amines) is 2. The number of aromatic nitrogens is 2. The summed E-state index contributed by atoms with van der Waals surface area (Å²) in [4.78, 5) is 15.3. The zero-order valence-electron chi connectivity index (χ0n) is 14.5. The summed E-state index contributed by atoms with van der Waals surface area (Å²) in [7, 11) is 0. The minimum atomic E-state index is -0.0755. The van der Waals surface area contributed by atoms with Crippen molar-refractivity contribution in [2.75, 3.05) is 26.2 Å². The molecule has 5 nitrogen and oxygen atoms in total. The van der Waals surface area contributed by atoms with Gasteiger partial charge < -0.3 is 10.0 Å². The van der Waals surface area contributed by atoms with Gasteiger partial charge >= 0.3 is 0 Å². The van der Waals surface area contributed by atoms with Gasteiger partial charge in [0.15, 0.2) is 5.82 Å². The fraction of sp³-hybridized carbons (Fsp3) is 0.579. The summed E-state index contributed by atoms with van der Waals surface area (Å²) in [6.45, 7) is 5.33. The molecule has 0 unspecified atom stereocenters. The molecule has 0 spiro atoms. The van der Waals surface area contributed by atoms with Gasteiger partial charge in [0.05, 0.1) is 11.0 Å². The zero-order valence-corrected chi connectivity index (χ0v) is 15.4. The molecule has 4 rings (SSSR count). The van der Waals surface area contributed by atoms with Crippen molar-refractivity contribution in [2.45, 2.75) is 44.4 Å². The van der Waals surface area contributed by atoms with Gasteiger partial charge in [-0.1, -0.05) is 6.07 Å². The molecule has 0 aliphatic carbocycles. The van der Waals surface area contributed by atoms with Crippen molar-refractivity contribution in [3.8, 4) is 10.7 Å². The fourth-order valence-corrected chi connectivity index (χ4v) is 4.59. The number of aliphatic hydroxyl groups excluding tert-OH is 1. The summed E-state index contributed by atoms with van der Waals surface area (Å²) in [5, 5.41) is 11.7. The van der Waals surface area contributed by atoms with Gasteiger partial charge in [0.25, 0.3) is 0 Å². The summed E-state index contributed by atoms with van der Waals surface area (Å²) in [6.07, 6.45) is 8.20. The third-order valence-electron chi connectivity index (χ3n) is 5.43. The van der Waals surface area contributed by atoms with Gasteiger partial charge in [0, 0.05) is 43.6 Å². The highest BCUT2D eigenvalue weighted by Gasteiger charge is 2.27. The molecule has 0 aromatic carbocycles. The molecular formula is C19H26N4OS. The van der Waals surface area contributed by atoms with Crippen molar-refractivity contribution in [3.05, 3.63) is 35.5 Å². The van der Waals surface area contributed by atoms with E-state index < -0.39 is 0 Å². The van der Waals surface area contributed by atoms with E-state index in [0.29, 0.717) is 6.04 Å². The fourth-order valence-electron chi connectivity index (χ4n) is 3.92. The Hall–Kier alpha value is -1.34. The van der Waals surface area contributed by atoms with Crippen molar-refractivity contribution in [3.63, 3.8) is 0 Å². The average Bonchev–Trinajstić information content (AvgIpc) is 3.19. The molecule has 4 heterocycles. The molecule has 25 heavy (non-hydrogen) atoms. The molecule has 0 amide bonds. The maximum absolute atomic E-state index is 9.67. The maximum atomic E-state index is 9.67. The van der Waals surface area contributed by atoms with Crippen molar-refractivity contribution < 1.29 is 5.11 Å². The van der Waals surface area contributed by atoms with Crippen molar-refractivity contribution in [1.29, 1.82) is 0 Å². The quantitative estimate of drug-likeness (QED) is 0.911. The van der Waals surface area contributed by atoms with E-state index in [1.165, 1.54) is 18.4 Å². The predicted octanol–water partition coefficient (Wildman–Crippen LogP) is 2.63. The average molecular weight is 359 g/mol. The van der Waals surface area contributed by atoms with Crippen LogP contribution >= 0.6 is 11.3 Å². The SMILES string of the molecule is OC1CCN(C2CCN(Cc3cnc(-c4cccs4)nc3)CC2)CC1. The summed E-state index contributed by atoms with van der Waals surface area (Å²) in [5.74, 6) is 0.824. The Kier molecular flexibility index (Phi) is 5.41. The van der Waals surface area contributed by atoms with Crippen LogP contribution in [0.15, 0.2) is 29.9 Å². The van der Waals surface area contributed by atoms with Crippen LogP contribution < -0.4 is 0 Å². The smallest absolute Gasteiger partial charge is 0.169 e. The molecule has 2 aromatic heterocycles. The minimum Gasteiger partial charge on any atom is -0.393 e. The molecular weight excluding hydrogens is 332 g/mol. The lowest BCUT2D eigenvalue weighted by Gasteiger charge is -2.41. The first kappa shape index (κ1) is 17.1. The second kappa shape index (κ2) is 7.91. The van der Waals surface area contributed by atoms with Crippen LogP contribution in [-0.4, -0.2) is 63.2 Å². The van der Waals surface area contributed by atoms with E-state index in [0.717, 1.165) is 56.3 Å². The Balaban J connectivity index is 1.27. The standard InChI is InChI=1S/C19H26N4OS/c24-17-5-9-23(10-6-17)16-3-7-22(8-4-16)14-15-12-20-19(21-13-15)18-2-1-11-25-18/h1-2,11-13,16-17,24H,3-10,14H2. The monoisotopic (exact) mass is 358 g/mol. The van der Waals surface area contributed by atoms with Crippen LogP contribution in [0.25, 0.3) is 10.7 Å². The van der Waals surface area contributed by atoms with E-state index in [9.17, 15) is 5.11 Å². The van der Waals surface area contributed by atoms with Gasteiger partial charge in [-0.2, -0.15) is 0 Å². The van der Waals surface area contributed by atoms with Crippen LogP contribution in [-0.2, 0) is 6.54 Å². The predicted molar refractivity (Wildman–Crippen MR) is 100 cm³/mol. The summed E-state index contributed by atoms with van der Waals surface area (Å²) in [5.41, 5.74) is 1.19. The van der Waals surface area contributed by atoms with Crippen molar-refractivity contribution in [2.24, 2.45) is 0 Å². The second-order valence-electron chi connectivity index (χ2n) is 7.17. The Morgan fingerprint density at radius 2 is 1.76 bits per heavy atom. The molecule has 6 heteroatoms. The van der Waals surface area contributed by atoms with Crippen LogP contribution in [0.4, 0.5) is 0 Å². The van der Waals surface area contributed by atoms with Gasteiger partial charge in [-0.3, -0.25) is 4.90 Å². The van der Waals surface area contributed by atoms with E-state index in [2.05, 4.69) is 31.2 Å². The molecule has 2 aromatic rings. The van der Waals surface area contributed by atoms with Crippen LogP contribution in [0.3, 0.4) is 0 Å². The van der Waals surface area contributed by atoms with Gasteiger partial charge in [-0.15, -0.1) is 11.3 Å². The second-order valence-corrected chi connectivity index (χ2v) is 8.11. The number of nitrogens with zero attached hydrogens (tertiary/aromatic N) is 4.